The minimum atomic E-state index is 0.924. The Labute approximate surface area is 128 Å². The van der Waals surface area contributed by atoms with Crippen LogP contribution in [0.1, 0.15) is 17.6 Å². The number of nitrogens with zero attached hydrogens (tertiary/aromatic N) is 3. The Bertz CT molecular complexity index is 751. The van der Waals surface area contributed by atoms with Gasteiger partial charge in [0, 0.05) is 29.6 Å². The fourth-order valence-electron chi connectivity index (χ4n) is 2.32. The largest absolute Gasteiger partial charge is 0.317 e. The lowest BCUT2D eigenvalue weighted by Crippen LogP contribution is -2.15. The number of hydrogen-bond acceptors (Lipinski definition) is 5. The minimum Gasteiger partial charge on any atom is -0.317 e. The molecule has 5 heteroatoms. The average Bonchev–Trinajstić information content (AvgIpc) is 2.95. The highest BCUT2D eigenvalue weighted by Crippen LogP contribution is 2.30. The number of aromatic nitrogens is 3. The molecule has 0 aliphatic carbocycles. The summed E-state index contributed by atoms with van der Waals surface area (Å²) in [5.74, 6) is 0. The average molecular weight is 298 g/mol. The molecule has 2 heterocycles. The third kappa shape index (κ3) is 3.09. The molecule has 3 rings (SSSR count). The summed E-state index contributed by atoms with van der Waals surface area (Å²) in [4.78, 5) is 4.58. The van der Waals surface area contributed by atoms with Gasteiger partial charge in [-0.3, -0.25) is 4.98 Å². The fraction of sp³-hybridized carbons (Fsp3) is 0.312. The lowest BCUT2D eigenvalue weighted by molar-refractivity contribution is 0.710. The number of likely N-dealkylation sites (N-methyl/N-ethyl adjacent to an activating group) is 1. The van der Waals surface area contributed by atoms with Gasteiger partial charge in [-0.05, 0) is 25.6 Å². The van der Waals surface area contributed by atoms with Crippen LogP contribution in [-0.4, -0.2) is 28.3 Å². The van der Waals surface area contributed by atoms with Crippen molar-refractivity contribution >= 4 is 22.2 Å². The number of nitrogens with one attached hydrogen (secondary N) is 1. The van der Waals surface area contributed by atoms with Crippen LogP contribution in [0.5, 0.6) is 0 Å². The van der Waals surface area contributed by atoms with Gasteiger partial charge in [-0.1, -0.05) is 36.5 Å². The van der Waals surface area contributed by atoms with Crippen LogP contribution in [0, 0.1) is 6.92 Å². The van der Waals surface area contributed by atoms with Crippen molar-refractivity contribution in [3.05, 3.63) is 41.0 Å². The van der Waals surface area contributed by atoms with Gasteiger partial charge in [0.2, 0.25) is 0 Å². The summed E-state index contributed by atoms with van der Waals surface area (Å²) in [5.41, 5.74) is 3.15. The standard InChI is InChI=1S/C16H18N4S/c1-3-17-9-8-15-19-20-16(21-15)13-10-11(2)18-14-7-5-4-6-12(13)14/h4-7,10,17H,3,8-9H2,1-2H3. The summed E-state index contributed by atoms with van der Waals surface area (Å²) < 4.78 is 0. The predicted molar refractivity (Wildman–Crippen MR) is 87.6 cm³/mol. The van der Waals surface area contributed by atoms with E-state index in [1.54, 1.807) is 11.3 Å². The molecule has 21 heavy (non-hydrogen) atoms. The van der Waals surface area contributed by atoms with Gasteiger partial charge in [-0.15, -0.1) is 10.2 Å². The molecule has 4 nitrogen and oxygen atoms in total. The van der Waals surface area contributed by atoms with E-state index in [2.05, 4.69) is 39.6 Å². The predicted octanol–water partition coefficient (Wildman–Crippen LogP) is 3.21. The first-order chi connectivity index (χ1) is 10.3. The van der Waals surface area contributed by atoms with Crippen LogP contribution in [0.3, 0.4) is 0 Å². The first-order valence-electron chi connectivity index (χ1n) is 7.18. The van der Waals surface area contributed by atoms with E-state index in [1.807, 2.05) is 25.1 Å². The highest BCUT2D eigenvalue weighted by molar-refractivity contribution is 7.14. The van der Waals surface area contributed by atoms with Crippen molar-refractivity contribution in [1.82, 2.24) is 20.5 Å². The zero-order chi connectivity index (χ0) is 14.7. The number of hydrogen-bond donors (Lipinski definition) is 1. The summed E-state index contributed by atoms with van der Waals surface area (Å²) in [7, 11) is 0. The molecule has 0 amide bonds. The summed E-state index contributed by atoms with van der Waals surface area (Å²) in [5, 5.41) is 15.2. The molecule has 0 spiro atoms. The molecule has 108 valence electrons. The molecule has 0 aliphatic heterocycles. The monoisotopic (exact) mass is 298 g/mol. The molecule has 0 atom stereocenters. The van der Waals surface area contributed by atoms with Crippen LogP contribution in [0.4, 0.5) is 0 Å². The van der Waals surface area contributed by atoms with E-state index in [9.17, 15) is 0 Å². The Balaban J connectivity index is 1.97. The van der Waals surface area contributed by atoms with Gasteiger partial charge in [0.15, 0.2) is 0 Å². The second-order valence-corrected chi connectivity index (χ2v) is 5.99. The Kier molecular flexibility index (Phi) is 4.22. The fourth-order valence-corrected chi connectivity index (χ4v) is 3.19. The van der Waals surface area contributed by atoms with Crippen molar-refractivity contribution in [2.24, 2.45) is 0 Å². The van der Waals surface area contributed by atoms with Crippen LogP contribution >= 0.6 is 11.3 Å². The maximum Gasteiger partial charge on any atom is 0.148 e. The molecule has 0 saturated heterocycles. The van der Waals surface area contributed by atoms with Gasteiger partial charge in [-0.2, -0.15) is 0 Å². The Morgan fingerprint density at radius 1 is 1.19 bits per heavy atom. The minimum absolute atomic E-state index is 0.924. The number of fused-ring (bicyclic) bond motifs is 1. The topological polar surface area (TPSA) is 50.7 Å². The van der Waals surface area contributed by atoms with E-state index in [1.165, 1.54) is 0 Å². The van der Waals surface area contributed by atoms with Gasteiger partial charge < -0.3 is 5.32 Å². The first kappa shape index (κ1) is 14.1. The van der Waals surface area contributed by atoms with E-state index >= 15 is 0 Å². The number of benzene rings is 1. The first-order valence-corrected chi connectivity index (χ1v) is 7.99. The van der Waals surface area contributed by atoms with E-state index in [4.69, 9.17) is 0 Å². The molecule has 0 fully saturated rings. The molecule has 0 bridgehead atoms. The van der Waals surface area contributed by atoms with Crippen molar-refractivity contribution in [1.29, 1.82) is 0 Å². The highest BCUT2D eigenvalue weighted by Gasteiger charge is 2.11. The number of para-hydroxylation sites is 1. The lowest BCUT2D eigenvalue weighted by Gasteiger charge is -2.04. The Hall–Kier alpha value is -1.85. The smallest absolute Gasteiger partial charge is 0.148 e. The Morgan fingerprint density at radius 2 is 2.05 bits per heavy atom. The summed E-state index contributed by atoms with van der Waals surface area (Å²) in [6, 6.07) is 10.3. The summed E-state index contributed by atoms with van der Waals surface area (Å²) in [6.07, 6.45) is 0.924. The second kappa shape index (κ2) is 6.28. The lowest BCUT2D eigenvalue weighted by atomic mass is 10.1. The number of rotatable bonds is 5. The van der Waals surface area contributed by atoms with E-state index in [-0.39, 0.29) is 0 Å². The van der Waals surface area contributed by atoms with Gasteiger partial charge >= 0.3 is 0 Å². The van der Waals surface area contributed by atoms with E-state index < -0.39 is 0 Å². The third-order valence-electron chi connectivity index (χ3n) is 3.31. The van der Waals surface area contributed by atoms with Crippen molar-refractivity contribution in [2.45, 2.75) is 20.3 Å². The van der Waals surface area contributed by atoms with Crippen LogP contribution < -0.4 is 5.32 Å². The van der Waals surface area contributed by atoms with Crippen LogP contribution in [0.2, 0.25) is 0 Å². The highest BCUT2D eigenvalue weighted by atomic mass is 32.1. The maximum atomic E-state index is 4.58. The number of aryl methyl sites for hydroxylation is 1. The van der Waals surface area contributed by atoms with Crippen LogP contribution in [-0.2, 0) is 6.42 Å². The summed E-state index contributed by atoms with van der Waals surface area (Å²) in [6.45, 7) is 6.06. The van der Waals surface area contributed by atoms with Crippen LogP contribution in [0.25, 0.3) is 21.5 Å². The molecule has 1 aromatic carbocycles. The van der Waals surface area contributed by atoms with Crippen molar-refractivity contribution in [3.63, 3.8) is 0 Å². The van der Waals surface area contributed by atoms with E-state index in [0.717, 1.165) is 51.7 Å². The quantitative estimate of drug-likeness (QED) is 0.735. The summed E-state index contributed by atoms with van der Waals surface area (Å²) >= 11 is 1.67. The molecular formula is C16H18N4S. The molecule has 1 N–H and O–H groups in total. The maximum absolute atomic E-state index is 4.58. The van der Waals surface area contributed by atoms with Crippen molar-refractivity contribution in [3.8, 4) is 10.6 Å². The SMILES string of the molecule is CCNCCc1nnc(-c2cc(C)nc3ccccc23)s1. The van der Waals surface area contributed by atoms with Crippen molar-refractivity contribution < 1.29 is 0 Å². The number of pyridine rings is 1. The normalized spacial score (nSPS) is 11.1. The molecule has 0 saturated carbocycles. The van der Waals surface area contributed by atoms with Gasteiger partial charge in [0.05, 0.1) is 5.52 Å². The van der Waals surface area contributed by atoms with Gasteiger partial charge in [0.1, 0.15) is 10.0 Å². The Morgan fingerprint density at radius 3 is 2.90 bits per heavy atom. The van der Waals surface area contributed by atoms with E-state index in [0.29, 0.717) is 0 Å². The molecular weight excluding hydrogens is 280 g/mol. The molecule has 0 unspecified atom stereocenters. The molecule has 3 aromatic rings. The van der Waals surface area contributed by atoms with Gasteiger partial charge in [0.25, 0.3) is 0 Å². The van der Waals surface area contributed by atoms with Crippen LogP contribution in [0.15, 0.2) is 30.3 Å². The second-order valence-electron chi connectivity index (χ2n) is 4.93. The third-order valence-corrected chi connectivity index (χ3v) is 4.32. The zero-order valence-corrected chi connectivity index (χ0v) is 13.1. The molecule has 0 radical (unpaired) electrons. The molecule has 2 aromatic heterocycles. The van der Waals surface area contributed by atoms with Gasteiger partial charge in [-0.25, -0.2) is 0 Å². The van der Waals surface area contributed by atoms with Crippen molar-refractivity contribution in [2.75, 3.05) is 13.1 Å². The molecule has 0 aliphatic rings. The zero-order valence-electron chi connectivity index (χ0n) is 12.3.